The third kappa shape index (κ3) is 1.61. The molecule has 0 aliphatic carbocycles. The molecule has 4 heteroatoms. The normalized spacial score (nSPS) is 28.8. The van der Waals surface area contributed by atoms with Crippen molar-refractivity contribution in [1.29, 1.82) is 0 Å². The van der Waals surface area contributed by atoms with Crippen LogP contribution < -0.4 is 0 Å². The molecule has 1 atom stereocenters. The molecule has 1 saturated heterocycles. The second-order valence-electron chi connectivity index (χ2n) is 3.25. The fourth-order valence-corrected chi connectivity index (χ4v) is 1.64. The summed E-state index contributed by atoms with van der Waals surface area (Å²) in [5.41, 5.74) is -0.910. The molecular formula is C8H16O4. The third-order valence-electron chi connectivity index (χ3n) is 2.59. The maximum atomic E-state index is 9.05. The smallest absolute Gasteiger partial charge is 0.119 e. The number of hydrogen-bond acceptors (Lipinski definition) is 4. The summed E-state index contributed by atoms with van der Waals surface area (Å²) in [5, 5.41) is 27.1. The van der Waals surface area contributed by atoms with Crippen LogP contribution in [0.25, 0.3) is 0 Å². The Kier molecular flexibility index (Phi) is 3.46. The number of hydrogen-bond donors (Lipinski definition) is 3. The van der Waals surface area contributed by atoms with Crippen LogP contribution in [0.5, 0.6) is 0 Å². The van der Waals surface area contributed by atoms with E-state index in [4.69, 9.17) is 20.1 Å². The van der Waals surface area contributed by atoms with Crippen molar-refractivity contribution in [2.75, 3.05) is 26.4 Å². The van der Waals surface area contributed by atoms with Gasteiger partial charge in [0.15, 0.2) is 0 Å². The van der Waals surface area contributed by atoms with Crippen LogP contribution in [0.4, 0.5) is 0 Å². The molecule has 1 fully saturated rings. The summed E-state index contributed by atoms with van der Waals surface area (Å²) >= 11 is 0. The second kappa shape index (κ2) is 4.18. The first kappa shape index (κ1) is 9.92. The quantitative estimate of drug-likeness (QED) is 0.522. The van der Waals surface area contributed by atoms with Gasteiger partial charge in [0.25, 0.3) is 0 Å². The molecular weight excluding hydrogens is 160 g/mol. The molecule has 0 saturated carbocycles. The van der Waals surface area contributed by atoms with Crippen molar-refractivity contribution in [3.8, 4) is 0 Å². The maximum Gasteiger partial charge on any atom is 0.119 e. The van der Waals surface area contributed by atoms with Crippen LogP contribution >= 0.6 is 0 Å². The summed E-state index contributed by atoms with van der Waals surface area (Å²) in [4.78, 5) is 0. The number of aliphatic hydroxyl groups is 3. The molecule has 0 aromatic heterocycles. The van der Waals surface area contributed by atoms with E-state index in [1.165, 1.54) is 0 Å². The van der Waals surface area contributed by atoms with Gasteiger partial charge in [-0.05, 0) is 12.8 Å². The zero-order chi connectivity index (χ0) is 9.03. The van der Waals surface area contributed by atoms with E-state index in [1.54, 1.807) is 0 Å². The SMILES string of the molecule is OCC1CCCOC1(CO)CO. The Morgan fingerprint density at radius 3 is 2.33 bits per heavy atom. The largest absolute Gasteiger partial charge is 0.396 e. The van der Waals surface area contributed by atoms with E-state index < -0.39 is 5.60 Å². The molecule has 4 nitrogen and oxygen atoms in total. The first-order valence-corrected chi connectivity index (χ1v) is 4.25. The van der Waals surface area contributed by atoms with Gasteiger partial charge in [-0.2, -0.15) is 0 Å². The Bertz CT molecular complexity index is 133. The van der Waals surface area contributed by atoms with Gasteiger partial charge in [0.1, 0.15) is 5.60 Å². The summed E-state index contributed by atoms with van der Waals surface area (Å²) in [7, 11) is 0. The molecule has 1 unspecified atom stereocenters. The van der Waals surface area contributed by atoms with Crippen LogP contribution in [0.3, 0.4) is 0 Å². The van der Waals surface area contributed by atoms with Gasteiger partial charge >= 0.3 is 0 Å². The van der Waals surface area contributed by atoms with E-state index in [-0.39, 0.29) is 25.7 Å². The lowest BCUT2D eigenvalue weighted by atomic mass is 9.83. The van der Waals surface area contributed by atoms with Crippen LogP contribution in [0.2, 0.25) is 0 Å². The fourth-order valence-electron chi connectivity index (χ4n) is 1.64. The molecule has 12 heavy (non-hydrogen) atoms. The molecule has 1 aliphatic heterocycles. The van der Waals surface area contributed by atoms with Crippen LogP contribution in [-0.4, -0.2) is 47.3 Å². The van der Waals surface area contributed by atoms with Crippen molar-refractivity contribution in [3.63, 3.8) is 0 Å². The highest BCUT2D eigenvalue weighted by Crippen LogP contribution is 2.30. The average molecular weight is 176 g/mol. The van der Waals surface area contributed by atoms with Gasteiger partial charge in [0.2, 0.25) is 0 Å². The number of rotatable bonds is 3. The summed E-state index contributed by atoms with van der Waals surface area (Å²) in [6.45, 7) is 0.0577. The standard InChI is InChI=1S/C8H16O4/c9-4-7-2-1-3-12-8(7,5-10)6-11/h7,9-11H,1-6H2. The van der Waals surface area contributed by atoms with Gasteiger partial charge in [0.05, 0.1) is 13.2 Å². The minimum absolute atomic E-state index is 0.0406. The van der Waals surface area contributed by atoms with E-state index in [1.807, 2.05) is 0 Å². The second-order valence-corrected chi connectivity index (χ2v) is 3.25. The van der Waals surface area contributed by atoms with Crippen LogP contribution in [0.1, 0.15) is 12.8 Å². The highest BCUT2D eigenvalue weighted by atomic mass is 16.5. The van der Waals surface area contributed by atoms with Crippen molar-refractivity contribution >= 4 is 0 Å². The topological polar surface area (TPSA) is 69.9 Å². The van der Waals surface area contributed by atoms with E-state index in [0.717, 1.165) is 12.8 Å². The van der Waals surface area contributed by atoms with E-state index in [0.29, 0.717) is 6.61 Å². The van der Waals surface area contributed by atoms with Gasteiger partial charge in [-0.25, -0.2) is 0 Å². The zero-order valence-electron chi connectivity index (χ0n) is 7.07. The molecule has 1 rings (SSSR count). The van der Waals surface area contributed by atoms with Gasteiger partial charge in [-0.15, -0.1) is 0 Å². The molecule has 1 aliphatic rings. The monoisotopic (exact) mass is 176 g/mol. The van der Waals surface area contributed by atoms with E-state index in [9.17, 15) is 0 Å². The first-order valence-electron chi connectivity index (χ1n) is 4.25. The van der Waals surface area contributed by atoms with Crippen molar-refractivity contribution in [1.82, 2.24) is 0 Å². The van der Waals surface area contributed by atoms with Gasteiger partial charge in [-0.1, -0.05) is 0 Å². The molecule has 0 spiro atoms. The van der Waals surface area contributed by atoms with Crippen LogP contribution in [0, 0.1) is 5.92 Å². The van der Waals surface area contributed by atoms with Gasteiger partial charge < -0.3 is 20.1 Å². The lowest BCUT2D eigenvalue weighted by molar-refractivity contribution is -0.174. The Labute approximate surface area is 71.8 Å². The highest BCUT2D eigenvalue weighted by Gasteiger charge is 2.40. The van der Waals surface area contributed by atoms with Crippen molar-refractivity contribution in [3.05, 3.63) is 0 Å². The zero-order valence-corrected chi connectivity index (χ0v) is 7.07. The van der Waals surface area contributed by atoms with Crippen LogP contribution in [0.15, 0.2) is 0 Å². The van der Waals surface area contributed by atoms with E-state index in [2.05, 4.69) is 0 Å². The molecule has 0 bridgehead atoms. The number of ether oxygens (including phenoxy) is 1. The molecule has 3 N–H and O–H groups in total. The maximum absolute atomic E-state index is 9.05. The molecule has 0 radical (unpaired) electrons. The minimum atomic E-state index is -0.910. The van der Waals surface area contributed by atoms with Gasteiger partial charge in [-0.3, -0.25) is 0 Å². The third-order valence-corrected chi connectivity index (χ3v) is 2.59. The van der Waals surface area contributed by atoms with Crippen molar-refractivity contribution in [2.24, 2.45) is 5.92 Å². The minimum Gasteiger partial charge on any atom is -0.396 e. The molecule has 1 heterocycles. The highest BCUT2D eigenvalue weighted by molar-refractivity contribution is 4.89. The first-order chi connectivity index (χ1) is 5.79. The Morgan fingerprint density at radius 1 is 1.25 bits per heavy atom. The summed E-state index contributed by atoms with van der Waals surface area (Å²) in [5.74, 6) is -0.138. The Morgan fingerprint density at radius 2 is 1.92 bits per heavy atom. The number of aliphatic hydroxyl groups excluding tert-OH is 3. The Balaban J connectivity index is 2.66. The van der Waals surface area contributed by atoms with E-state index >= 15 is 0 Å². The average Bonchev–Trinajstić information content (AvgIpc) is 2.17. The molecule has 0 amide bonds. The summed E-state index contributed by atoms with van der Waals surface area (Å²) in [6, 6.07) is 0. The van der Waals surface area contributed by atoms with Crippen LogP contribution in [-0.2, 0) is 4.74 Å². The lowest BCUT2D eigenvalue weighted by Gasteiger charge is -2.40. The fraction of sp³-hybridized carbons (Fsp3) is 1.00. The molecule has 72 valence electrons. The summed E-state index contributed by atoms with van der Waals surface area (Å²) in [6.07, 6.45) is 1.69. The lowest BCUT2D eigenvalue weighted by Crippen LogP contribution is -2.52. The molecule has 0 aromatic rings. The molecule has 0 aromatic carbocycles. The van der Waals surface area contributed by atoms with Crippen molar-refractivity contribution < 1.29 is 20.1 Å². The predicted octanol–water partition coefficient (Wildman–Crippen LogP) is -0.871. The Hall–Kier alpha value is -0.160. The van der Waals surface area contributed by atoms with Gasteiger partial charge in [0, 0.05) is 19.1 Å². The summed E-state index contributed by atoms with van der Waals surface area (Å²) < 4.78 is 5.31. The predicted molar refractivity (Wildman–Crippen MR) is 42.7 cm³/mol. The van der Waals surface area contributed by atoms with Crippen molar-refractivity contribution in [2.45, 2.75) is 18.4 Å².